The summed E-state index contributed by atoms with van der Waals surface area (Å²) >= 11 is 1.66. The zero-order valence-electron chi connectivity index (χ0n) is 12.6. The Bertz CT molecular complexity index is 672. The van der Waals surface area contributed by atoms with E-state index in [0.717, 1.165) is 29.1 Å². The summed E-state index contributed by atoms with van der Waals surface area (Å²) in [4.78, 5) is 13.5. The number of hydrogen-bond donors (Lipinski definition) is 2. The molecule has 0 amide bonds. The first-order chi connectivity index (χ1) is 10.1. The molecule has 0 radical (unpaired) electrons. The van der Waals surface area contributed by atoms with Gasteiger partial charge in [0.15, 0.2) is 5.82 Å². The predicted octanol–water partition coefficient (Wildman–Crippen LogP) is 2.33. The first kappa shape index (κ1) is 15.6. The van der Waals surface area contributed by atoms with Gasteiger partial charge in [-0.2, -0.15) is 5.26 Å². The third-order valence-electron chi connectivity index (χ3n) is 3.56. The number of nitriles is 1. The molecule has 0 aromatic carbocycles. The van der Waals surface area contributed by atoms with E-state index in [2.05, 4.69) is 47.1 Å². The SMILES string of the molecule is CCN(CCC#N)Cc1nc(NN)c2c(C)c(C)sc2n1. The zero-order valence-corrected chi connectivity index (χ0v) is 13.4. The van der Waals surface area contributed by atoms with Gasteiger partial charge in [0.1, 0.15) is 10.7 Å². The van der Waals surface area contributed by atoms with E-state index in [-0.39, 0.29) is 0 Å². The second kappa shape index (κ2) is 6.80. The first-order valence-electron chi connectivity index (χ1n) is 6.93. The van der Waals surface area contributed by atoms with Crippen LogP contribution in [0.2, 0.25) is 0 Å². The summed E-state index contributed by atoms with van der Waals surface area (Å²) < 4.78 is 0. The molecule has 0 saturated heterocycles. The molecule has 0 aliphatic carbocycles. The highest BCUT2D eigenvalue weighted by molar-refractivity contribution is 7.18. The summed E-state index contributed by atoms with van der Waals surface area (Å²) in [6.07, 6.45) is 0.509. The average Bonchev–Trinajstić information content (AvgIpc) is 2.77. The van der Waals surface area contributed by atoms with Gasteiger partial charge < -0.3 is 5.43 Å². The van der Waals surface area contributed by atoms with Gasteiger partial charge in [0.05, 0.1) is 18.0 Å². The van der Waals surface area contributed by atoms with Gasteiger partial charge in [0, 0.05) is 17.8 Å². The van der Waals surface area contributed by atoms with Crippen LogP contribution in [0.15, 0.2) is 0 Å². The number of nitrogens with zero attached hydrogens (tertiary/aromatic N) is 4. The molecule has 7 heteroatoms. The maximum Gasteiger partial charge on any atom is 0.152 e. The highest BCUT2D eigenvalue weighted by atomic mass is 32.1. The summed E-state index contributed by atoms with van der Waals surface area (Å²) in [6.45, 7) is 8.41. The summed E-state index contributed by atoms with van der Waals surface area (Å²) in [5.41, 5.74) is 3.86. The fraction of sp³-hybridized carbons (Fsp3) is 0.500. The normalized spacial score (nSPS) is 11.0. The fourth-order valence-electron chi connectivity index (χ4n) is 2.23. The summed E-state index contributed by atoms with van der Waals surface area (Å²) in [5, 5.41) is 9.70. The van der Waals surface area contributed by atoms with Crippen LogP contribution in [0.4, 0.5) is 5.82 Å². The highest BCUT2D eigenvalue weighted by Gasteiger charge is 2.15. The van der Waals surface area contributed by atoms with Gasteiger partial charge >= 0.3 is 0 Å². The van der Waals surface area contributed by atoms with E-state index in [1.54, 1.807) is 11.3 Å². The van der Waals surface area contributed by atoms with Crippen LogP contribution >= 0.6 is 11.3 Å². The van der Waals surface area contributed by atoms with E-state index < -0.39 is 0 Å². The molecule has 2 heterocycles. The van der Waals surface area contributed by atoms with Crippen molar-refractivity contribution in [1.29, 1.82) is 5.26 Å². The number of hydrogen-bond acceptors (Lipinski definition) is 7. The molecular formula is C14H20N6S. The largest absolute Gasteiger partial charge is 0.308 e. The van der Waals surface area contributed by atoms with E-state index in [9.17, 15) is 0 Å². The second-order valence-corrected chi connectivity index (χ2v) is 6.08. The Kier molecular flexibility index (Phi) is 5.07. The quantitative estimate of drug-likeness (QED) is 0.628. The Morgan fingerprint density at radius 1 is 1.38 bits per heavy atom. The van der Waals surface area contributed by atoms with E-state index in [1.807, 2.05) is 0 Å². The van der Waals surface area contributed by atoms with Crippen molar-refractivity contribution < 1.29 is 0 Å². The molecule has 112 valence electrons. The van der Waals surface area contributed by atoms with E-state index in [0.29, 0.717) is 18.8 Å². The highest BCUT2D eigenvalue weighted by Crippen LogP contribution is 2.32. The molecule has 0 aliphatic heterocycles. The second-order valence-electron chi connectivity index (χ2n) is 4.87. The molecule has 2 aromatic rings. The smallest absolute Gasteiger partial charge is 0.152 e. The Hall–Kier alpha value is -1.75. The van der Waals surface area contributed by atoms with Crippen LogP contribution in [-0.4, -0.2) is 28.0 Å². The Labute approximate surface area is 128 Å². The molecule has 21 heavy (non-hydrogen) atoms. The Morgan fingerprint density at radius 2 is 2.14 bits per heavy atom. The molecule has 3 N–H and O–H groups in total. The third-order valence-corrected chi connectivity index (χ3v) is 4.66. The van der Waals surface area contributed by atoms with Crippen molar-refractivity contribution in [2.24, 2.45) is 5.84 Å². The van der Waals surface area contributed by atoms with E-state index >= 15 is 0 Å². The molecule has 0 atom stereocenters. The van der Waals surface area contributed by atoms with Crippen LogP contribution in [-0.2, 0) is 6.54 Å². The van der Waals surface area contributed by atoms with Gasteiger partial charge in [-0.05, 0) is 26.0 Å². The Morgan fingerprint density at radius 3 is 2.76 bits per heavy atom. The van der Waals surface area contributed by atoms with Crippen LogP contribution in [0.25, 0.3) is 10.2 Å². The first-order valence-corrected chi connectivity index (χ1v) is 7.74. The molecule has 0 bridgehead atoms. The number of anilines is 1. The lowest BCUT2D eigenvalue weighted by Gasteiger charge is -2.18. The summed E-state index contributed by atoms with van der Waals surface area (Å²) in [5.74, 6) is 7.02. The number of thiophene rings is 1. The molecule has 0 unspecified atom stereocenters. The number of fused-ring (bicyclic) bond motifs is 1. The van der Waals surface area contributed by atoms with Gasteiger partial charge in [0.2, 0.25) is 0 Å². The lowest BCUT2D eigenvalue weighted by atomic mass is 10.2. The predicted molar refractivity (Wildman–Crippen MR) is 85.9 cm³/mol. The van der Waals surface area contributed by atoms with Crippen molar-refractivity contribution in [1.82, 2.24) is 14.9 Å². The van der Waals surface area contributed by atoms with E-state index in [1.165, 1.54) is 10.4 Å². The van der Waals surface area contributed by atoms with Gasteiger partial charge in [-0.3, -0.25) is 4.90 Å². The van der Waals surface area contributed by atoms with Crippen molar-refractivity contribution >= 4 is 27.4 Å². The van der Waals surface area contributed by atoms with Crippen molar-refractivity contribution in [3.63, 3.8) is 0 Å². The van der Waals surface area contributed by atoms with Crippen LogP contribution in [0.1, 0.15) is 29.6 Å². The lowest BCUT2D eigenvalue weighted by Crippen LogP contribution is -2.25. The minimum Gasteiger partial charge on any atom is -0.308 e. The van der Waals surface area contributed by atoms with Crippen molar-refractivity contribution in [3.05, 3.63) is 16.3 Å². The van der Waals surface area contributed by atoms with Gasteiger partial charge in [-0.1, -0.05) is 6.92 Å². The maximum atomic E-state index is 8.70. The van der Waals surface area contributed by atoms with Crippen LogP contribution < -0.4 is 11.3 Å². The van der Waals surface area contributed by atoms with Gasteiger partial charge in [0.25, 0.3) is 0 Å². The van der Waals surface area contributed by atoms with Gasteiger partial charge in [-0.15, -0.1) is 11.3 Å². The minimum absolute atomic E-state index is 0.509. The van der Waals surface area contributed by atoms with Crippen molar-refractivity contribution in [3.8, 4) is 6.07 Å². The molecule has 0 aliphatic rings. The number of rotatable bonds is 6. The number of aryl methyl sites for hydroxylation is 2. The average molecular weight is 304 g/mol. The number of hydrazine groups is 1. The monoisotopic (exact) mass is 304 g/mol. The number of nitrogen functional groups attached to an aromatic ring is 1. The zero-order chi connectivity index (χ0) is 15.4. The van der Waals surface area contributed by atoms with Gasteiger partial charge in [-0.25, -0.2) is 15.8 Å². The van der Waals surface area contributed by atoms with Crippen molar-refractivity contribution in [2.45, 2.75) is 33.7 Å². The molecule has 0 spiro atoms. The molecular weight excluding hydrogens is 284 g/mol. The van der Waals surface area contributed by atoms with Crippen LogP contribution in [0, 0.1) is 25.2 Å². The van der Waals surface area contributed by atoms with Crippen molar-refractivity contribution in [2.75, 3.05) is 18.5 Å². The third kappa shape index (κ3) is 3.29. The molecule has 0 fully saturated rings. The minimum atomic E-state index is 0.509. The van der Waals surface area contributed by atoms with E-state index in [4.69, 9.17) is 11.1 Å². The Balaban J connectivity index is 2.35. The topological polar surface area (TPSA) is 90.9 Å². The molecule has 0 saturated carbocycles. The summed E-state index contributed by atoms with van der Waals surface area (Å²) in [7, 11) is 0. The number of nitrogens with one attached hydrogen (secondary N) is 1. The number of aromatic nitrogens is 2. The fourth-order valence-corrected chi connectivity index (χ4v) is 3.27. The summed E-state index contributed by atoms with van der Waals surface area (Å²) in [6, 6.07) is 2.17. The molecule has 6 nitrogen and oxygen atoms in total. The lowest BCUT2D eigenvalue weighted by molar-refractivity contribution is 0.280. The number of nitrogens with two attached hydrogens (primary N) is 1. The van der Waals surface area contributed by atoms with Crippen LogP contribution in [0.5, 0.6) is 0 Å². The van der Waals surface area contributed by atoms with Crippen LogP contribution in [0.3, 0.4) is 0 Å². The maximum absolute atomic E-state index is 8.70. The molecule has 2 rings (SSSR count). The standard InChI is InChI=1S/C14H20N6S/c1-4-20(7-5-6-15)8-11-17-13(19-16)12-9(2)10(3)21-14(12)18-11/h4-5,7-8,16H2,1-3H3,(H,17,18,19). The molecule has 2 aromatic heterocycles.